The molecule has 0 aliphatic carbocycles. The minimum absolute atomic E-state index is 0.178. The third-order valence-electron chi connectivity index (χ3n) is 4.93. The quantitative estimate of drug-likeness (QED) is 0.523. The van der Waals surface area contributed by atoms with Gasteiger partial charge in [-0.3, -0.25) is 19.4 Å². The van der Waals surface area contributed by atoms with Crippen molar-refractivity contribution in [2.24, 2.45) is 7.05 Å². The number of hydrogen-bond acceptors (Lipinski definition) is 5. The number of pyridine rings is 1. The van der Waals surface area contributed by atoms with Gasteiger partial charge in [-0.05, 0) is 56.2 Å². The molecule has 0 saturated heterocycles. The molecule has 0 fully saturated rings. The first-order valence-electron chi connectivity index (χ1n) is 9.03. The predicted octanol–water partition coefficient (Wildman–Crippen LogP) is 4.20. The van der Waals surface area contributed by atoms with E-state index in [4.69, 9.17) is 4.98 Å². The lowest BCUT2D eigenvalue weighted by atomic mass is 10.1. The molecule has 4 aromatic rings. The van der Waals surface area contributed by atoms with Crippen LogP contribution in [0.4, 0.5) is 5.13 Å². The molecular formula is C21H21N5OS. The topological polar surface area (TPSA) is 63.9 Å². The Morgan fingerprint density at radius 1 is 1.18 bits per heavy atom. The number of benzene rings is 1. The van der Waals surface area contributed by atoms with Gasteiger partial charge in [-0.2, -0.15) is 5.10 Å². The van der Waals surface area contributed by atoms with Crippen LogP contribution in [0.5, 0.6) is 0 Å². The molecule has 3 heterocycles. The summed E-state index contributed by atoms with van der Waals surface area (Å²) in [7, 11) is 1.83. The van der Waals surface area contributed by atoms with Crippen LogP contribution in [0.25, 0.3) is 10.2 Å². The van der Waals surface area contributed by atoms with Gasteiger partial charge in [-0.1, -0.05) is 23.5 Å². The van der Waals surface area contributed by atoms with Gasteiger partial charge in [0.05, 0.1) is 22.5 Å². The smallest absolute Gasteiger partial charge is 0.276 e. The van der Waals surface area contributed by atoms with E-state index in [0.29, 0.717) is 17.4 Å². The van der Waals surface area contributed by atoms with Crippen LogP contribution in [0.1, 0.15) is 33.0 Å². The lowest BCUT2D eigenvalue weighted by molar-refractivity contribution is 0.0979. The van der Waals surface area contributed by atoms with E-state index in [-0.39, 0.29) is 5.91 Å². The first-order chi connectivity index (χ1) is 13.4. The molecule has 0 saturated carbocycles. The van der Waals surface area contributed by atoms with Gasteiger partial charge in [-0.15, -0.1) is 0 Å². The van der Waals surface area contributed by atoms with Crippen LogP contribution >= 0.6 is 11.3 Å². The fourth-order valence-electron chi connectivity index (χ4n) is 3.01. The average molecular weight is 392 g/mol. The molecule has 0 bridgehead atoms. The van der Waals surface area contributed by atoms with Crippen molar-refractivity contribution in [3.63, 3.8) is 0 Å². The summed E-state index contributed by atoms with van der Waals surface area (Å²) in [6.07, 6.45) is 1.73. The molecule has 4 rings (SSSR count). The standard InChI is InChI=1S/C21H21N5OS/c1-13-8-9-18-19(15(13)3)23-21(28-18)26(12-16-7-5-6-10-22-16)20(27)17-11-14(2)25(4)24-17/h5-11H,12H2,1-4H3. The fraction of sp³-hybridized carbons (Fsp3) is 0.238. The number of rotatable bonds is 4. The Morgan fingerprint density at radius 3 is 2.68 bits per heavy atom. The molecule has 0 radical (unpaired) electrons. The van der Waals surface area contributed by atoms with E-state index in [1.54, 1.807) is 21.8 Å². The van der Waals surface area contributed by atoms with Crippen LogP contribution in [0, 0.1) is 20.8 Å². The van der Waals surface area contributed by atoms with Crippen LogP contribution < -0.4 is 4.90 Å². The van der Waals surface area contributed by atoms with Crippen molar-refractivity contribution in [2.75, 3.05) is 4.90 Å². The zero-order valence-electron chi connectivity index (χ0n) is 16.3. The maximum Gasteiger partial charge on any atom is 0.280 e. The van der Waals surface area contributed by atoms with Crippen molar-refractivity contribution in [3.8, 4) is 0 Å². The summed E-state index contributed by atoms with van der Waals surface area (Å²) in [6.45, 7) is 6.40. The molecular weight excluding hydrogens is 370 g/mol. The first-order valence-corrected chi connectivity index (χ1v) is 9.85. The number of aryl methyl sites for hydroxylation is 4. The molecule has 142 valence electrons. The lowest BCUT2D eigenvalue weighted by Gasteiger charge is -2.18. The molecule has 0 unspecified atom stereocenters. The zero-order valence-corrected chi connectivity index (χ0v) is 17.1. The van der Waals surface area contributed by atoms with Crippen molar-refractivity contribution < 1.29 is 4.79 Å². The van der Waals surface area contributed by atoms with Crippen molar-refractivity contribution in [3.05, 3.63) is 70.8 Å². The number of thiazole rings is 1. The van der Waals surface area contributed by atoms with Crippen molar-refractivity contribution in [2.45, 2.75) is 27.3 Å². The molecule has 0 aliphatic heterocycles. The number of aromatic nitrogens is 4. The Morgan fingerprint density at radius 2 is 2.00 bits per heavy atom. The van der Waals surface area contributed by atoms with Crippen LogP contribution in [0.3, 0.4) is 0 Å². The van der Waals surface area contributed by atoms with Crippen LogP contribution in [0.15, 0.2) is 42.6 Å². The summed E-state index contributed by atoms with van der Waals surface area (Å²) in [6, 6.07) is 11.6. The van der Waals surface area contributed by atoms with Gasteiger partial charge in [0.1, 0.15) is 0 Å². The monoisotopic (exact) mass is 391 g/mol. The summed E-state index contributed by atoms with van der Waals surface area (Å²) in [5, 5.41) is 5.02. The fourth-order valence-corrected chi connectivity index (χ4v) is 4.04. The van der Waals surface area contributed by atoms with Crippen LogP contribution in [-0.4, -0.2) is 25.7 Å². The molecule has 1 amide bonds. The predicted molar refractivity (Wildman–Crippen MR) is 112 cm³/mol. The second kappa shape index (κ2) is 7.16. The molecule has 28 heavy (non-hydrogen) atoms. The summed E-state index contributed by atoms with van der Waals surface area (Å²) in [4.78, 5) is 24.2. The van der Waals surface area contributed by atoms with E-state index in [9.17, 15) is 4.79 Å². The van der Waals surface area contributed by atoms with Crippen LogP contribution in [0.2, 0.25) is 0 Å². The normalized spacial score (nSPS) is 11.1. The maximum atomic E-state index is 13.3. The first kappa shape index (κ1) is 18.3. The van der Waals surface area contributed by atoms with Gasteiger partial charge in [0, 0.05) is 18.9 Å². The number of amides is 1. The number of anilines is 1. The summed E-state index contributed by atoms with van der Waals surface area (Å²) in [5.74, 6) is -0.178. The SMILES string of the molecule is Cc1ccc2sc(N(Cc3ccccn3)C(=O)c3cc(C)n(C)n3)nc2c1C. The summed E-state index contributed by atoms with van der Waals surface area (Å²) in [5.41, 5.74) is 5.40. The number of nitrogens with zero attached hydrogens (tertiary/aromatic N) is 5. The number of hydrogen-bond donors (Lipinski definition) is 0. The van der Waals surface area contributed by atoms with Gasteiger partial charge in [0.25, 0.3) is 5.91 Å². The Balaban J connectivity index is 1.80. The highest BCUT2D eigenvalue weighted by atomic mass is 32.1. The Kier molecular flexibility index (Phi) is 4.68. The van der Waals surface area contributed by atoms with E-state index in [1.807, 2.05) is 32.2 Å². The maximum absolute atomic E-state index is 13.3. The third-order valence-corrected chi connectivity index (χ3v) is 5.97. The van der Waals surface area contributed by atoms with Crippen molar-refractivity contribution in [1.29, 1.82) is 0 Å². The highest BCUT2D eigenvalue weighted by Gasteiger charge is 2.25. The van der Waals surface area contributed by atoms with Gasteiger partial charge < -0.3 is 0 Å². The van der Waals surface area contributed by atoms with E-state index in [2.05, 4.69) is 36.1 Å². The highest BCUT2D eigenvalue weighted by Crippen LogP contribution is 2.33. The molecule has 0 atom stereocenters. The van der Waals surface area contributed by atoms with Gasteiger partial charge in [0.15, 0.2) is 10.8 Å². The van der Waals surface area contributed by atoms with E-state index >= 15 is 0 Å². The number of carbonyl (C=O) groups is 1. The molecule has 6 nitrogen and oxygen atoms in total. The molecule has 0 spiro atoms. The lowest BCUT2D eigenvalue weighted by Crippen LogP contribution is -2.31. The van der Waals surface area contributed by atoms with Gasteiger partial charge in [-0.25, -0.2) is 4.98 Å². The Labute approximate surface area is 167 Å². The third kappa shape index (κ3) is 3.29. The highest BCUT2D eigenvalue weighted by molar-refractivity contribution is 7.22. The van der Waals surface area contributed by atoms with Gasteiger partial charge in [0.2, 0.25) is 0 Å². The van der Waals surface area contributed by atoms with E-state index in [0.717, 1.165) is 27.2 Å². The second-order valence-corrected chi connectivity index (χ2v) is 7.87. The molecule has 1 aromatic carbocycles. The van der Waals surface area contributed by atoms with E-state index < -0.39 is 0 Å². The molecule has 0 N–H and O–H groups in total. The minimum Gasteiger partial charge on any atom is -0.276 e. The summed E-state index contributed by atoms with van der Waals surface area (Å²) >= 11 is 1.51. The number of carbonyl (C=O) groups excluding carboxylic acids is 1. The van der Waals surface area contributed by atoms with Crippen LogP contribution in [-0.2, 0) is 13.6 Å². The Bertz CT molecular complexity index is 1140. The van der Waals surface area contributed by atoms with Crippen molar-refractivity contribution >= 4 is 32.6 Å². The molecule has 3 aromatic heterocycles. The second-order valence-electron chi connectivity index (χ2n) is 6.86. The molecule has 7 heteroatoms. The minimum atomic E-state index is -0.178. The average Bonchev–Trinajstić information content (AvgIpc) is 3.27. The van der Waals surface area contributed by atoms with Gasteiger partial charge >= 0.3 is 0 Å². The Hall–Kier alpha value is -3.06. The van der Waals surface area contributed by atoms with E-state index in [1.165, 1.54) is 16.9 Å². The zero-order chi connectivity index (χ0) is 19.8. The number of fused-ring (bicyclic) bond motifs is 1. The van der Waals surface area contributed by atoms with Crippen molar-refractivity contribution in [1.82, 2.24) is 19.7 Å². The molecule has 0 aliphatic rings. The summed E-state index contributed by atoms with van der Waals surface area (Å²) < 4.78 is 2.77. The largest absolute Gasteiger partial charge is 0.280 e.